The van der Waals surface area contributed by atoms with Gasteiger partial charge in [0.15, 0.2) is 0 Å². The fraction of sp³-hybridized carbons (Fsp3) is 0.333. The number of carbonyl (C=O) groups is 2. The Balaban J connectivity index is 2.14. The maximum Gasteiger partial charge on any atom is 0.454 e. The van der Waals surface area contributed by atoms with Gasteiger partial charge in [-0.25, -0.2) is 0 Å². The second-order valence-corrected chi connectivity index (χ2v) is 4.15. The van der Waals surface area contributed by atoms with Gasteiger partial charge in [-0.2, -0.15) is 13.2 Å². The average Bonchev–Trinajstić information content (AvgIpc) is 2.37. The van der Waals surface area contributed by atoms with Crippen LogP contribution in [0.15, 0.2) is 24.3 Å². The number of Topliss-reactive ketones (excluding diaryl/α,β-unsaturated/α-hetero) is 1. The Morgan fingerprint density at radius 2 is 1.84 bits per heavy atom. The standard InChI is InChI=1S/C12H11F3N2O2/c13-12(14,15)11(19)8-1-3-9(4-2-8)17-6-5-16-10(18)7-17/h1-4H,5-7H2,(H,16,18). The second kappa shape index (κ2) is 4.91. The van der Waals surface area contributed by atoms with Crippen molar-refractivity contribution in [3.05, 3.63) is 29.8 Å². The van der Waals surface area contributed by atoms with Crippen LogP contribution >= 0.6 is 0 Å². The van der Waals surface area contributed by atoms with Gasteiger partial charge in [0.1, 0.15) is 0 Å². The van der Waals surface area contributed by atoms with E-state index in [4.69, 9.17) is 0 Å². The van der Waals surface area contributed by atoms with Gasteiger partial charge in [0.2, 0.25) is 5.91 Å². The molecule has 0 saturated carbocycles. The largest absolute Gasteiger partial charge is 0.454 e. The third-order valence-electron chi connectivity index (χ3n) is 2.79. The molecule has 4 nitrogen and oxygen atoms in total. The summed E-state index contributed by atoms with van der Waals surface area (Å²) >= 11 is 0. The molecule has 1 aliphatic heterocycles. The molecule has 1 saturated heterocycles. The Labute approximate surface area is 107 Å². The number of hydrogen-bond donors (Lipinski definition) is 1. The molecule has 19 heavy (non-hydrogen) atoms. The van der Waals surface area contributed by atoms with Gasteiger partial charge in [0.05, 0.1) is 6.54 Å². The van der Waals surface area contributed by atoms with E-state index in [1.807, 2.05) is 0 Å². The number of benzene rings is 1. The zero-order chi connectivity index (χ0) is 14.0. The first-order valence-corrected chi connectivity index (χ1v) is 5.61. The van der Waals surface area contributed by atoms with Crippen LogP contribution in [0.5, 0.6) is 0 Å². The Bertz CT molecular complexity index is 497. The molecule has 0 aromatic heterocycles. The Morgan fingerprint density at radius 1 is 1.21 bits per heavy atom. The third kappa shape index (κ3) is 3.04. The third-order valence-corrected chi connectivity index (χ3v) is 2.79. The number of rotatable bonds is 2. The summed E-state index contributed by atoms with van der Waals surface area (Å²) < 4.78 is 36.7. The lowest BCUT2D eigenvalue weighted by molar-refractivity contribution is -0.120. The molecule has 1 aliphatic rings. The van der Waals surface area contributed by atoms with Crippen molar-refractivity contribution in [3.8, 4) is 0 Å². The summed E-state index contributed by atoms with van der Waals surface area (Å²) in [5, 5.41) is 2.65. The molecule has 2 rings (SSSR count). The van der Waals surface area contributed by atoms with Crippen molar-refractivity contribution in [1.29, 1.82) is 0 Å². The van der Waals surface area contributed by atoms with E-state index < -0.39 is 17.5 Å². The van der Waals surface area contributed by atoms with Crippen molar-refractivity contribution in [3.63, 3.8) is 0 Å². The molecule has 1 aromatic rings. The lowest BCUT2D eigenvalue weighted by Crippen LogP contribution is -2.47. The van der Waals surface area contributed by atoms with Crippen LogP contribution in [0.25, 0.3) is 0 Å². The van der Waals surface area contributed by atoms with E-state index in [-0.39, 0.29) is 12.5 Å². The van der Waals surface area contributed by atoms with Crippen molar-refractivity contribution < 1.29 is 22.8 Å². The first-order chi connectivity index (χ1) is 8.88. The van der Waals surface area contributed by atoms with Gasteiger partial charge in [0, 0.05) is 24.3 Å². The Hall–Kier alpha value is -2.05. The van der Waals surface area contributed by atoms with Crippen molar-refractivity contribution in [2.75, 3.05) is 24.5 Å². The van der Waals surface area contributed by atoms with Gasteiger partial charge >= 0.3 is 6.18 Å². The summed E-state index contributed by atoms with van der Waals surface area (Å²) in [5.41, 5.74) is 0.214. The Morgan fingerprint density at radius 3 is 2.37 bits per heavy atom. The van der Waals surface area contributed by atoms with E-state index in [1.165, 1.54) is 12.1 Å². The lowest BCUT2D eigenvalue weighted by Gasteiger charge is -2.28. The number of ketones is 1. The molecule has 0 atom stereocenters. The zero-order valence-electron chi connectivity index (χ0n) is 9.83. The minimum atomic E-state index is -4.87. The van der Waals surface area contributed by atoms with Crippen LogP contribution in [0.1, 0.15) is 10.4 Å². The van der Waals surface area contributed by atoms with Crippen LogP contribution in [0, 0.1) is 0 Å². The van der Waals surface area contributed by atoms with Crippen LogP contribution < -0.4 is 10.2 Å². The highest BCUT2D eigenvalue weighted by atomic mass is 19.4. The van der Waals surface area contributed by atoms with Crippen molar-refractivity contribution in [2.24, 2.45) is 0 Å². The first kappa shape index (κ1) is 13.4. The van der Waals surface area contributed by atoms with E-state index in [0.717, 1.165) is 12.1 Å². The monoisotopic (exact) mass is 272 g/mol. The molecule has 0 aliphatic carbocycles. The van der Waals surface area contributed by atoms with Gasteiger partial charge in [-0.15, -0.1) is 0 Å². The molecule has 1 N–H and O–H groups in total. The van der Waals surface area contributed by atoms with Gasteiger partial charge < -0.3 is 10.2 Å². The zero-order valence-corrected chi connectivity index (χ0v) is 9.83. The predicted molar refractivity (Wildman–Crippen MR) is 62.1 cm³/mol. The summed E-state index contributed by atoms with van der Waals surface area (Å²) in [6.45, 7) is 1.23. The highest BCUT2D eigenvalue weighted by Crippen LogP contribution is 2.23. The fourth-order valence-corrected chi connectivity index (χ4v) is 1.85. The summed E-state index contributed by atoms with van der Waals surface area (Å²) in [6, 6.07) is 5.07. The quantitative estimate of drug-likeness (QED) is 0.827. The molecule has 1 fully saturated rings. The van der Waals surface area contributed by atoms with Crippen molar-refractivity contribution in [1.82, 2.24) is 5.32 Å². The minimum Gasteiger partial charge on any atom is -0.360 e. The molecule has 102 valence electrons. The second-order valence-electron chi connectivity index (χ2n) is 4.15. The number of nitrogens with zero attached hydrogens (tertiary/aromatic N) is 1. The van der Waals surface area contributed by atoms with Gasteiger partial charge in [-0.05, 0) is 24.3 Å². The highest BCUT2D eigenvalue weighted by molar-refractivity contribution is 6.00. The van der Waals surface area contributed by atoms with E-state index >= 15 is 0 Å². The molecular formula is C12H11F3N2O2. The molecule has 1 heterocycles. The van der Waals surface area contributed by atoms with E-state index in [0.29, 0.717) is 18.8 Å². The van der Waals surface area contributed by atoms with Gasteiger partial charge in [-0.3, -0.25) is 9.59 Å². The van der Waals surface area contributed by atoms with Crippen LogP contribution in [-0.2, 0) is 4.79 Å². The van der Waals surface area contributed by atoms with E-state index in [9.17, 15) is 22.8 Å². The topological polar surface area (TPSA) is 49.4 Å². The summed E-state index contributed by atoms with van der Waals surface area (Å²) in [6.07, 6.45) is -4.87. The number of halogens is 3. The normalized spacial score (nSPS) is 16.2. The summed E-state index contributed by atoms with van der Waals surface area (Å²) in [4.78, 5) is 23.9. The summed E-state index contributed by atoms with van der Waals surface area (Å²) in [5.74, 6) is -2.00. The average molecular weight is 272 g/mol. The smallest absolute Gasteiger partial charge is 0.360 e. The first-order valence-electron chi connectivity index (χ1n) is 5.61. The lowest BCUT2D eigenvalue weighted by atomic mass is 10.1. The molecular weight excluding hydrogens is 261 g/mol. The number of nitrogens with one attached hydrogen (secondary N) is 1. The number of carbonyl (C=O) groups excluding carboxylic acids is 2. The van der Waals surface area contributed by atoms with Crippen LogP contribution in [0.4, 0.5) is 18.9 Å². The molecule has 1 aromatic carbocycles. The molecule has 7 heteroatoms. The predicted octanol–water partition coefficient (Wildman–Crippen LogP) is 1.37. The summed E-state index contributed by atoms with van der Waals surface area (Å²) in [7, 11) is 0. The molecule has 0 spiro atoms. The highest BCUT2D eigenvalue weighted by Gasteiger charge is 2.39. The number of piperazine rings is 1. The van der Waals surface area contributed by atoms with E-state index in [1.54, 1.807) is 4.90 Å². The van der Waals surface area contributed by atoms with Crippen molar-refractivity contribution in [2.45, 2.75) is 6.18 Å². The Kier molecular flexibility index (Phi) is 3.46. The SMILES string of the molecule is O=C1CN(c2ccc(C(=O)C(F)(F)F)cc2)CCN1. The minimum absolute atomic E-state index is 0.137. The maximum absolute atomic E-state index is 12.2. The van der Waals surface area contributed by atoms with Gasteiger partial charge in [-0.1, -0.05) is 0 Å². The number of hydrogen-bond acceptors (Lipinski definition) is 3. The molecule has 0 unspecified atom stereocenters. The van der Waals surface area contributed by atoms with Crippen molar-refractivity contribution >= 4 is 17.4 Å². The van der Waals surface area contributed by atoms with Gasteiger partial charge in [0.25, 0.3) is 5.78 Å². The number of anilines is 1. The molecule has 1 amide bonds. The van der Waals surface area contributed by atoms with Crippen LogP contribution in [0.3, 0.4) is 0 Å². The number of alkyl halides is 3. The van der Waals surface area contributed by atoms with Crippen LogP contribution in [0.2, 0.25) is 0 Å². The van der Waals surface area contributed by atoms with Crippen LogP contribution in [-0.4, -0.2) is 37.5 Å². The molecule has 0 radical (unpaired) electrons. The van der Waals surface area contributed by atoms with E-state index in [2.05, 4.69) is 5.32 Å². The maximum atomic E-state index is 12.2. The molecule has 0 bridgehead atoms. The fourth-order valence-electron chi connectivity index (χ4n) is 1.85. The number of amides is 1.